The van der Waals surface area contributed by atoms with Crippen LogP contribution in [0.4, 0.5) is 8.78 Å². The lowest BCUT2D eigenvalue weighted by Crippen LogP contribution is -2.19. The molecule has 0 aliphatic heterocycles. The summed E-state index contributed by atoms with van der Waals surface area (Å²) >= 11 is 0. The van der Waals surface area contributed by atoms with Gasteiger partial charge < -0.3 is 10.4 Å². The highest BCUT2D eigenvalue weighted by Crippen LogP contribution is 2.21. The minimum atomic E-state index is -1.01. The molecule has 1 aromatic carbocycles. The lowest BCUT2D eigenvalue weighted by molar-refractivity contribution is -0.118. The summed E-state index contributed by atoms with van der Waals surface area (Å²) in [5, 5.41) is 11.3. The van der Waals surface area contributed by atoms with Crippen LogP contribution in [0.5, 0.6) is 5.75 Å². The highest BCUT2D eigenvalue weighted by atomic mass is 19.1. The van der Waals surface area contributed by atoms with Crippen molar-refractivity contribution in [3.63, 3.8) is 0 Å². The molecule has 0 saturated heterocycles. The number of rotatable bonds is 3. The molecule has 3 nitrogen and oxygen atoms in total. The van der Waals surface area contributed by atoms with Gasteiger partial charge in [0.1, 0.15) is 0 Å². The summed E-state index contributed by atoms with van der Waals surface area (Å²) in [5.41, 5.74) is 0.276. The lowest BCUT2D eigenvalue weighted by Gasteiger charge is -2.00. The maximum Gasteiger partial charge on any atom is 0.217 e. The number of phenols is 1. The molecular weight excluding hydrogens is 216 g/mol. The van der Waals surface area contributed by atoms with Gasteiger partial charge >= 0.3 is 0 Å². The van der Waals surface area contributed by atoms with Crippen molar-refractivity contribution in [2.75, 3.05) is 6.54 Å². The minimum Gasteiger partial charge on any atom is -0.503 e. The first-order chi connectivity index (χ1) is 7.50. The van der Waals surface area contributed by atoms with Crippen LogP contribution < -0.4 is 5.32 Å². The molecule has 0 heterocycles. The topological polar surface area (TPSA) is 49.3 Å². The van der Waals surface area contributed by atoms with E-state index in [4.69, 9.17) is 5.11 Å². The summed E-state index contributed by atoms with van der Waals surface area (Å²) in [5.74, 6) is -3.20. The van der Waals surface area contributed by atoms with Crippen molar-refractivity contribution < 1.29 is 18.7 Å². The van der Waals surface area contributed by atoms with Gasteiger partial charge in [0.05, 0.1) is 0 Å². The van der Waals surface area contributed by atoms with Crippen molar-refractivity contribution in [2.24, 2.45) is 0 Å². The molecule has 0 bridgehead atoms. The van der Waals surface area contributed by atoms with E-state index < -0.39 is 17.4 Å². The number of nitrogens with one attached hydrogen (secondary N) is 1. The molecule has 2 N–H and O–H groups in total. The maximum absolute atomic E-state index is 12.9. The SMILES string of the molecule is CC(=O)NCC=Cc1cc(F)c(O)c(F)c1. The number of aromatic hydroxyl groups is 1. The van der Waals surface area contributed by atoms with Crippen LogP contribution in [0.3, 0.4) is 0 Å². The Morgan fingerprint density at radius 2 is 2.00 bits per heavy atom. The van der Waals surface area contributed by atoms with Crippen LogP contribution in [-0.4, -0.2) is 17.6 Å². The molecule has 0 spiro atoms. The van der Waals surface area contributed by atoms with Crippen LogP contribution >= 0.6 is 0 Å². The molecule has 1 aromatic rings. The Hall–Kier alpha value is -1.91. The van der Waals surface area contributed by atoms with E-state index in [1.807, 2.05) is 0 Å². The number of carbonyl (C=O) groups excluding carboxylic acids is 1. The van der Waals surface area contributed by atoms with Gasteiger partial charge in [-0.15, -0.1) is 0 Å². The summed E-state index contributed by atoms with van der Waals surface area (Å²) in [6.45, 7) is 1.65. The number of amides is 1. The molecular formula is C11H11F2NO2. The number of phenolic OH excluding ortho intramolecular Hbond substituents is 1. The molecule has 0 radical (unpaired) electrons. The molecule has 0 fully saturated rings. The summed E-state index contributed by atoms with van der Waals surface area (Å²) in [6, 6.07) is 2.01. The monoisotopic (exact) mass is 227 g/mol. The molecule has 1 amide bonds. The molecule has 0 aliphatic rings. The Labute approximate surface area is 91.4 Å². The molecule has 5 heteroatoms. The first-order valence-electron chi connectivity index (χ1n) is 4.59. The van der Waals surface area contributed by atoms with E-state index in [9.17, 15) is 13.6 Å². The van der Waals surface area contributed by atoms with Crippen molar-refractivity contribution >= 4 is 12.0 Å². The van der Waals surface area contributed by atoms with Gasteiger partial charge in [-0.2, -0.15) is 0 Å². The normalized spacial score (nSPS) is 10.7. The predicted molar refractivity (Wildman–Crippen MR) is 55.7 cm³/mol. The second-order valence-electron chi connectivity index (χ2n) is 3.17. The van der Waals surface area contributed by atoms with Crippen LogP contribution in [0.2, 0.25) is 0 Å². The van der Waals surface area contributed by atoms with Gasteiger partial charge in [0.2, 0.25) is 5.91 Å². The Bertz CT molecular complexity index is 407. The van der Waals surface area contributed by atoms with Gasteiger partial charge in [-0.1, -0.05) is 12.2 Å². The second-order valence-corrected chi connectivity index (χ2v) is 3.17. The van der Waals surface area contributed by atoms with E-state index in [2.05, 4.69) is 5.32 Å². The zero-order valence-corrected chi connectivity index (χ0v) is 8.63. The highest BCUT2D eigenvalue weighted by Gasteiger charge is 2.07. The van der Waals surface area contributed by atoms with Crippen molar-refractivity contribution in [3.8, 4) is 5.75 Å². The van der Waals surface area contributed by atoms with Gasteiger partial charge in [-0.25, -0.2) is 8.78 Å². The predicted octanol–water partition coefficient (Wildman–Crippen LogP) is 1.82. The van der Waals surface area contributed by atoms with E-state index in [1.54, 1.807) is 6.08 Å². The average molecular weight is 227 g/mol. The second kappa shape index (κ2) is 5.25. The molecule has 0 atom stereocenters. The Morgan fingerprint density at radius 3 is 2.50 bits per heavy atom. The third-order valence-corrected chi connectivity index (χ3v) is 1.82. The highest BCUT2D eigenvalue weighted by molar-refractivity contribution is 5.73. The van der Waals surface area contributed by atoms with Gasteiger partial charge in [-0.3, -0.25) is 4.79 Å². The number of hydrogen-bond acceptors (Lipinski definition) is 2. The third kappa shape index (κ3) is 3.34. The third-order valence-electron chi connectivity index (χ3n) is 1.82. The van der Waals surface area contributed by atoms with Crippen molar-refractivity contribution in [2.45, 2.75) is 6.92 Å². The van der Waals surface area contributed by atoms with Gasteiger partial charge in [-0.05, 0) is 17.7 Å². The molecule has 0 aliphatic carbocycles. The van der Waals surface area contributed by atoms with Crippen molar-refractivity contribution in [1.29, 1.82) is 0 Å². The number of carbonyl (C=O) groups is 1. The Kier molecular flexibility index (Phi) is 3.99. The zero-order valence-electron chi connectivity index (χ0n) is 8.63. The summed E-state index contributed by atoms with van der Waals surface area (Å²) in [6.07, 6.45) is 2.99. The van der Waals surface area contributed by atoms with Gasteiger partial charge in [0, 0.05) is 13.5 Å². The lowest BCUT2D eigenvalue weighted by atomic mass is 10.2. The van der Waals surface area contributed by atoms with E-state index in [0.717, 1.165) is 12.1 Å². The first kappa shape index (κ1) is 12.2. The van der Waals surface area contributed by atoms with Gasteiger partial charge in [0.25, 0.3) is 0 Å². The van der Waals surface area contributed by atoms with Crippen LogP contribution in [0.25, 0.3) is 6.08 Å². The Balaban J connectivity index is 2.71. The fourth-order valence-corrected chi connectivity index (χ4v) is 1.08. The van der Waals surface area contributed by atoms with E-state index >= 15 is 0 Å². The fourth-order valence-electron chi connectivity index (χ4n) is 1.08. The summed E-state index contributed by atoms with van der Waals surface area (Å²) in [4.78, 5) is 10.5. The minimum absolute atomic E-state index is 0.187. The molecule has 1 rings (SSSR count). The first-order valence-corrected chi connectivity index (χ1v) is 4.59. The van der Waals surface area contributed by atoms with Crippen LogP contribution in [0.1, 0.15) is 12.5 Å². The summed E-state index contributed by atoms with van der Waals surface area (Å²) < 4.78 is 25.8. The summed E-state index contributed by atoms with van der Waals surface area (Å²) in [7, 11) is 0. The molecule has 0 unspecified atom stereocenters. The molecule has 0 saturated carbocycles. The number of hydrogen-bond donors (Lipinski definition) is 2. The van der Waals surface area contributed by atoms with E-state index in [1.165, 1.54) is 13.0 Å². The molecule has 16 heavy (non-hydrogen) atoms. The van der Waals surface area contributed by atoms with Crippen molar-refractivity contribution in [3.05, 3.63) is 35.4 Å². The van der Waals surface area contributed by atoms with Crippen molar-refractivity contribution in [1.82, 2.24) is 5.32 Å². The average Bonchev–Trinajstić information content (AvgIpc) is 2.20. The standard InChI is InChI=1S/C11H11F2NO2/c1-7(15)14-4-2-3-8-5-9(12)11(16)10(13)6-8/h2-3,5-6,16H,4H2,1H3,(H,14,15). The largest absolute Gasteiger partial charge is 0.503 e. The quantitative estimate of drug-likeness (QED) is 0.827. The van der Waals surface area contributed by atoms with Gasteiger partial charge in [0.15, 0.2) is 17.4 Å². The zero-order chi connectivity index (χ0) is 12.1. The molecule has 86 valence electrons. The van der Waals surface area contributed by atoms with E-state index in [-0.39, 0.29) is 18.0 Å². The molecule has 0 aromatic heterocycles. The van der Waals surface area contributed by atoms with Crippen LogP contribution in [-0.2, 0) is 4.79 Å². The van der Waals surface area contributed by atoms with Crippen LogP contribution in [0.15, 0.2) is 18.2 Å². The Morgan fingerprint density at radius 1 is 1.44 bits per heavy atom. The number of benzene rings is 1. The number of halogens is 2. The fraction of sp³-hybridized carbons (Fsp3) is 0.182. The van der Waals surface area contributed by atoms with E-state index in [0.29, 0.717) is 0 Å². The smallest absolute Gasteiger partial charge is 0.217 e. The van der Waals surface area contributed by atoms with Crippen LogP contribution in [0, 0.1) is 11.6 Å². The maximum atomic E-state index is 12.9.